The van der Waals surface area contributed by atoms with Crippen LogP contribution in [0.3, 0.4) is 0 Å². The number of hydrogen-bond acceptors (Lipinski definition) is 3. The number of carbonyl (C=O) groups is 1. The van der Waals surface area contributed by atoms with Crippen molar-refractivity contribution < 1.29 is 4.79 Å². The first-order valence-electron chi connectivity index (χ1n) is 6.83. The minimum Gasteiger partial charge on any atom is -0.300 e. The summed E-state index contributed by atoms with van der Waals surface area (Å²) in [5.74, 6) is 0.481. The van der Waals surface area contributed by atoms with Gasteiger partial charge in [0.05, 0.1) is 0 Å². The molecule has 2 aliphatic heterocycles. The van der Waals surface area contributed by atoms with Gasteiger partial charge in [-0.3, -0.25) is 14.6 Å². The normalized spacial score (nSPS) is 37.6. The van der Waals surface area contributed by atoms with Gasteiger partial charge >= 0.3 is 0 Å². The van der Waals surface area contributed by atoms with Gasteiger partial charge < -0.3 is 0 Å². The van der Waals surface area contributed by atoms with Gasteiger partial charge in [0.25, 0.3) is 0 Å². The predicted octanol–water partition coefficient (Wildman–Crippen LogP) is 1.28. The molecule has 90 valence electrons. The molecule has 0 amide bonds. The summed E-state index contributed by atoms with van der Waals surface area (Å²) in [5.41, 5.74) is 0. The Morgan fingerprint density at radius 3 is 2.44 bits per heavy atom. The maximum absolute atomic E-state index is 11.3. The molecule has 3 fully saturated rings. The summed E-state index contributed by atoms with van der Waals surface area (Å²) < 4.78 is 0. The Labute approximate surface area is 97.8 Å². The molecule has 0 N–H and O–H groups in total. The van der Waals surface area contributed by atoms with Crippen molar-refractivity contribution in [3.8, 4) is 0 Å². The first-order chi connectivity index (χ1) is 7.83. The van der Waals surface area contributed by atoms with Crippen molar-refractivity contribution in [3.63, 3.8) is 0 Å². The first-order valence-corrected chi connectivity index (χ1v) is 6.83. The lowest BCUT2D eigenvalue weighted by molar-refractivity contribution is -0.117. The molecular weight excluding hydrogens is 200 g/mol. The highest BCUT2D eigenvalue weighted by Gasteiger charge is 2.35. The fourth-order valence-electron chi connectivity index (χ4n) is 3.61. The zero-order valence-electron chi connectivity index (χ0n) is 10.0. The minimum absolute atomic E-state index is 0.481. The molecule has 3 nitrogen and oxygen atoms in total. The molecule has 0 bridgehead atoms. The molecule has 3 rings (SSSR count). The number of ketones is 1. The van der Waals surface area contributed by atoms with E-state index in [0.29, 0.717) is 11.8 Å². The second kappa shape index (κ2) is 4.46. The van der Waals surface area contributed by atoms with Crippen molar-refractivity contribution in [2.24, 2.45) is 0 Å². The molecule has 0 radical (unpaired) electrons. The Kier molecular flexibility index (Phi) is 2.99. The van der Waals surface area contributed by atoms with Gasteiger partial charge in [-0.15, -0.1) is 0 Å². The maximum atomic E-state index is 11.3. The van der Waals surface area contributed by atoms with Crippen LogP contribution in [0.2, 0.25) is 0 Å². The fraction of sp³-hybridized carbons (Fsp3) is 0.923. The van der Waals surface area contributed by atoms with Gasteiger partial charge in [0, 0.05) is 38.0 Å². The fourth-order valence-corrected chi connectivity index (χ4v) is 3.61. The number of rotatable bonds is 2. The lowest BCUT2D eigenvalue weighted by atomic mass is 10.2. The van der Waals surface area contributed by atoms with Crippen molar-refractivity contribution in [2.75, 3.05) is 26.2 Å². The lowest BCUT2D eigenvalue weighted by Crippen LogP contribution is -2.38. The predicted molar refractivity (Wildman–Crippen MR) is 63.4 cm³/mol. The quantitative estimate of drug-likeness (QED) is 0.703. The zero-order valence-corrected chi connectivity index (χ0v) is 10.0. The third-order valence-corrected chi connectivity index (χ3v) is 4.59. The smallest absolute Gasteiger partial charge is 0.134 e. The molecule has 0 aromatic carbocycles. The van der Waals surface area contributed by atoms with E-state index in [0.717, 1.165) is 25.3 Å². The summed E-state index contributed by atoms with van der Waals surface area (Å²) in [7, 11) is 0. The zero-order chi connectivity index (χ0) is 11.0. The Morgan fingerprint density at radius 1 is 0.938 bits per heavy atom. The van der Waals surface area contributed by atoms with Crippen LogP contribution in [0.4, 0.5) is 0 Å². The van der Waals surface area contributed by atoms with E-state index in [2.05, 4.69) is 9.80 Å². The minimum atomic E-state index is 0.481. The van der Waals surface area contributed by atoms with E-state index in [4.69, 9.17) is 0 Å². The molecular formula is C13H22N2O. The SMILES string of the molecule is O=C1CCC(N2CCC(N3CCCC3)C2)C1. The lowest BCUT2D eigenvalue weighted by Gasteiger charge is -2.26. The van der Waals surface area contributed by atoms with Gasteiger partial charge in [0.2, 0.25) is 0 Å². The van der Waals surface area contributed by atoms with Gasteiger partial charge in [-0.05, 0) is 38.8 Å². The second-order valence-corrected chi connectivity index (χ2v) is 5.62. The maximum Gasteiger partial charge on any atom is 0.134 e. The summed E-state index contributed by atoms with van der Waals surface area (Å²) in [6, 6.07) is 1.37. The van der Waals surface area contributed by atoms with Crippen LogP contribution in [0.5, 0.6) is 0 Å². The number of hydrogen-bond donors (Lipinski definition) is 0. The van der Waals surface area contributed by atoms with Crippen molar-refractivity contribution in [1.82, 2.24) is 9.80 Å². The van der Waals surface area contributed by atoms with Crippen LogP contribution in [0.1, 0.15) is 38.5 Å². The molecule has 3 aliphatic rings. The molecule has 2 heterocycles. The molecule has 16 heavy (non-hydrogen) atoms. The molecule has 3 heteroatoms. The van der Waals surface area contributed by atoms with Crippen LogP contribution in [0.15, 0.2) is 0 Å². The van der Waals surface area contributed by atoms with E-state index < -0.39 is 0 Å². The van der Waals surface area contributed by atoms with Crippen LogP contribution in [-0.2, 0) is 4.79 Å². The average Bonchev–Trinajstić information content (AvgIpc) is 2.97. The molecule has 0 spiro atoms. The molecule has 0 aromatic rings. The molecule has 1 saturated carbocycles. The average molecular weight is 222 g/mol. The summed E-state index contributed by atoms with van der Waals surface area (Å²) in [6.45, 7) is 5.06. The summed E-state index contributed by atoms with van der Waals surface area (Å²) in [5, 5.41) is 0. The standard InChI is InChI=1S/C13H22N2O/c16-13-4-3-11(9-13)15-8-5-12(10-15)14-6-1-2-7-14/h11-12H,1-10H2. The van der Waals surface area contributed by atoms with Crippen molar-refractivity contribution in [1.29, 1.82) is 0 Å². The first kappa shape index (κ1) is 10.7. The van der Waals surface area contributed by atoms with Gasteiger partial charge in [-0.2, -0.15) is 0 Å². The number of nitrogens with zero attached hydrogens (tertiary/aromatic N) is 2. The van der Waals surface area contributed by atoms with E-state index in [1.54, 1.807) is 0 Å². The van der Waals surface area contributed by atoms with Gasteiger partial charge in [-0.25, -0.2) is 0 Å². The monoisotopic (exact) mass is 222 g/mol. The number of likely N-dealkylation sites (tertiary alicyclic amines) is 2. The number of carbonyl (C=O) groups excluding carboxylic acids is 1. The van der Waals surface area contributed by atoms with E-state index in [-0.39, 0.29) is 0 Å². The van der Waals surface area contributed by atoms with Crippen LogP contribution >= 0.6 is 0 Å². The van der Waals surface area contributed by atoms with Gasteiger partial charge in [0.15, 0.2) is 0 Å². The molecule has 2 saturated heterocycles. The summed E-state index contributed by atoms with van der Waals surface area (Å²) >= 11 is 0. The van der Waals surface area contributed by atoms with Crippen LogP contribution in [-0.4, -0.2) is 53.8 Å². The molecule has 0 aromatic heterocycles. The van der Waals surface area contributed by atoms with E-state index >= 15 is 0 Å². The second-order valence-electron chi connectivity index (χ2n) is 5.62. The Hall–Kier alpha value is -0.410. The van der Waals surface area contributed by atoms with E-state index in [1.807, 2.05) is 0 Å². The Morgan fingerprint density at radius 2 is 1.75 bits per heavy atom. The number of Topliss-reactive ketones (excluding diaryl/α,β-unsaturated/α-hetero) is 1. The van der Waals surface area contributed by atoms with Crippen LogP contribution < -0.4 is 0 Å². The van der Waals surface area contributed by atoms with Gasteiger partial charge in [0.1, 0.15) is 5.78 Å². The topological polar surface area (TPSA) is 23.6 Å². The molecule has 1 aliphatic carbocycles. The highest BCUT2D eigenvalue weighted by molar-refractivity contribution is 5.81. The summed E-state index contributed by atoms with van der Waals surface area (Å²) in [4.78, 5) is 16.6. The van der Waals surface area contributed by atoms with Crippen LogP contribution in [0.25, 0.3) is 0 Å². The molecule has 2 unspecified atom stereocenters. The third kappa shape index (κ3) is 2.03. The highest BCUT2D eigenvalue weighted by atomic mass is 16.1. The molecule has 2 atom stereocenters. The van der Waals surface area contributed by atoms with Crippen LogP contribution in [0, 0.1) is 0 Å². The Balaban J connectivity index is 1.54. The summed E-state index contributed by atoms with van der Waals surface area (Å²) in [6.07, 6.45) is 6.87. The Bertz CT molecular complexity index is 273. The van der Waals surface area contributed by atoms with Crippen molar-refractivity contribution >= 4 is 5.78 Å². The van der Waals surface area contributed by atoms with Crippen molar-refractivity contribution in [2.45, 2.75) is 50.6 Å². The third-order valence-electron chi connectivity index (χ3n) is 4.59. The van der Waals surface area contributed by atoms with Crippen molar-refractivity contribution in [3.05, 3.63) is 0 Å². The highest BCUT2D eigenvalue weighted by Crippen LogP contribution is 2.27. The van der Waals surface area contributed by atoms with Gasteiger partial charge in [-0.1, -0.05) is 0 Å². The largest absolute Gasteiger partial charge is 0.300 e. The van der Waals surface area contributed by atoms with E-state index in [1.165, 1.54) is 45.4 Å². The van der Waals surface area contributed by atoms with E-state index in [9.17, 15) is 4.79 Å².